The van der Waals surface area contributed by atoms with E-state index >= 15 is 0 Å². The van der Waals surface area contributed by atoms with Gasteiger partial charge in [-0.25, -0.2) is 0 Å². The number of hydrogen-bond donors (Lipinski definition) is 2. The van der Waals surface area contributed by atoms with Gasteiger partial charge in [-0.1, -0.05) is 26.8 Å². The largest absolute Gasteiger partial charge is 0.491 e. The van der Waals surface area contributed by atoms with E-state index in [2.05, 4.69) is 52.1 Å². The number of benzene rings is 1. The van der Waals surface area contributed by atoms with Crippen molar-refractivity contribution in [1.82, 2.24) is 5.32 Å². The fourth-order valence-electron chi connectivity index (χ4n) is 2.16. The normalized spacial score (nSPS) is 12.8. The first-order valence-corrected chi connectivity index (χ1v) is 7.08. The van der Waals surface area contributed by atoms with E-state index in [1.165, 1.54) is 16.7 Å². The second-order valence-corrected chi connectivity index (χ2v) is 5.44. The molecule has 0 saturated heterocycles. The van der Waals surface area contributed by atoms with Crippen molar-refractivity contribution in [3.05, 3.63) is 28.8 Å². The molecule has 1 rings (SSSR count). The van der Waals surface area contributed by atoms with Crippen LogP contribution in [0, 0.1) is 13.8 Å². The van der Waals surface area contributed by atoms with Gasteiger partial charge in [0.2, 0.25) is 0 Å². The summed E-state index contributed by atoms with van der Waals surface area (Å²) in [6.45, 7) is 11.3. The first kappa shape index (κ1) is 16.0. The Labute approximate surface area is 117 Å². The van der Waals surface area contributed by atoms with E-state index in [1.54, 1.807) is 0 Å². The van der Waals surface area contributed by atoms with Crippen molar-refractivity contribution in [3.8, 4) is 5.75 Å². The molecule has 3 heteroatoms. The van der Waals surface area contributed by atoms with Gasteiger partial charge in [0.05, 0.1) is 0 Å². The summed E-state index contributed by atoms with van der Waals surface area (Å²) in [6, 6.07) is 4.60. The number of aliphatic hydroxyl groups is 1. The van der Waals surface area contributed by atoms with Gasteiger partial charge in [-0.3, -0.25) is 0 Å². The van der Waals surface area contributed by atoms with Crippen LogP contribution in [-0.4, -0.2) is 30.4 Å². The van der Waals surface area contributed by atoms with Gasteiger partial charge in [0.25, 0.3) is 0 Å². The first-order chi connectivity index (χ1) is 8.93. The molecule has 0 aromatic heterocycles. The molecule has 1 atom stereocenters. The fourth-order valence-corrected chi connectivity index (χ4v) is 2.16. The number of hydrogen-bond acceptors (Lipinski definition) is 3. The lowest BCUT2D eigenvalue weighted by Crippen LogP contribution is -2.35. The molecule has 0 radical (unpaired) electrons. The van der Waals surface area contributed by atoms with Crippen LogP contribution in [0.4, 0.5) is 0 Å². The summed E-state index contributed by atoms with van der Waals surface area (Å²) < 4.78 is 5.79. The lowest BCUT2D eigenvalue weighted by Gasteiger charge is -2.18. The van der Waals surface area contributed by atoms with Gasteiger partial charge in [-0.15, -0.1) is 0 Å². The lowest BCUT2D eigenvalue weighted by molar-refractivity contribution is 0.104. The van der Waals surface area contributed by atoms with Crippen LogP contribution < -0.4 is 10.1 Å². The van der Waals surface area contributed by atoms with E-state index in [9.17, 15) is 5.11 Å². The number of ether oxygens (including phenoxy) is 1. The third kappa shape index (κ3) is 5.21. The Morgan fingerprint density at radius 3 is 2.53 bits per heavy atom. The third-order valence-corrected chi connectivity index (χ3v) is 3.12. The standard InChI is InChI=1S/C16H27NO2/c1-6-15-13(5)7-12(4)8-16(15)19-10-14(18)9-17-11(2)3/h7-8,11,14,17-18H,6,9-10H2,1-5H3/t14-/m1/s1. The second kappa shape index (κ2) is 7.51. The quantitative estimate of drug-likeness (QED) is 0.796. The third-order valence-electron chi connectivity index (χ3n) is 3.12. The van der Waals surface area contributed by atoms with Crippen molar-refractivity contribution in [2.24, 2.45) is 0 Å². The maximum absolute atomic E-state index is 9.87. The van der Waals surface area contributed by atoms with E-state index in [0.717, 1.165) is 12.2 Å². The Balaban J connectivity index is 2.62. The minimum Gasteiger partial charge on any atom is -0.491 e. The van der Waals surface area contributed by atoms with Crippen LogP contribution in [0.5, 0.6) is 5.75 Å². The molecule has 0 bridgehead atoms. The number of aliphatic hydroxyl groups excluding tert-OH is 1. The highest BCUT2D eigenvalue weighted by atomic mass is 16.5. The lowest BCUT2D eigenvalue weighted by atomic mass is 10.0. The van der Waals surface area contributed by atoms with Crippen molar-refractivity contribution in [2.75, 3.05) is 13.2 Å². The maximum atomic E-state index is 9.87. The molecule has 3 nitrogen and oxygen atoms in total. The molecule has 1 aromatic rings. The van der Waals surface area contributed by atoms with Crippen LogP contribution in [0.1, 0.15) is 37.5 Å². The second-order valence-electron chi connectivity index (χ2n) is 5.44. The zero-order valence-corrected chi connectivity index (χ0v) is 12.8. The highest BCUT2D eigenvalue weighted by Crippen LogP contribution is 2.25. The zero-order chi connectivity index (χ0) is 14.4. The van der Waals surface area contributed by atoms with E-state index < -0.39 is 6.10 Å². The Hall–Kier alpha value is -1.06. The van der Waals surface area contributed by atoms with Crippen LogP contribution in [0.3, 0.4) is 0 Å². The molecule has 0 saturated carbocycles. The Bertz CT molecular complexity index is 402. The highest BCUT2D eigenvalue weighted by Gasteiger charge is 2.10. The molecule has 0 heterocycles. The minimum atomic E-state index is -0.479. The Kier molecular flexibility index (Phi) is 6.32. The molecular weight excluding hydrogens is 238 g/mol. The summed E-state index contributed by atoms with van der Waals surface area (Å²) >= 11 is 0. The van der Waals surface area contributed by atoms with Crippen LogP contribution in [0.2, 0.25) is 0 Å². The van der Waals surface area contributed by atoms with Crippen molar-refractivity contribution >= 4 is 0 Å². The number of aryl methyl sites for hydroxylation is 2. The van der Waals surface area contributed by atoms with E-state index in [-0.39, 0.29) is 0 Å². The van der Waals surface area contributed by atoms with E-state index in [1.807, 2.05) is 0 Å². The average Bonchev–Trinajstić information content (AvgIpc) is 2.33. The van der Waals surface area contributed by atoms with Gasteiger partial charge in [0, 0.05) is 12.6 Å². The Morgan fingerprint density at radius 2 is 1.95 bits per heavy atom. The van der Waals surface area contributed by atoms with E-state index in [4.69, 9.17) is 4.74 Å². The SMILES string of the molecule is CCc1c(C)cc(C)cc1OC[C@H](O)CNC(C)C. The van der Waals surface area contributed by atoms with Crippen molar-refractivity contribution < 1.29 is 9.84 Å². The summed E-state index contributed by atoms with van der Waals surface area (Å²) in [5.41, 5.74) is 3.68. The van der Waals surface area contributed by atoms with Gasteiger partial charge in [-0.05, 0) is 43.0 Å². The van der Waals surface area contributed by atoms with Gasteiger partial charge in [-0.2, -0.15) is 0 Å². The molecule has 19 heavy (non-hydrogen) atoms. The molecule has 0 aliphatic carbocycles. The van der Waals surface area contributed by atoms with Gasteiger partial charge in [0.1, 0.15) is 18.5 Å². The molecule has 0 amide bonds. The average molecular weight is 265 g/mol. The Morgan fingerprint density at radius 1 is 1.26 bits per heavy atom. The van der Waals surface area contributed by atoms with Crippen LogP contribution in [0.15, 0.2) is 12.1 Å². The van der Waals surface area contributed by atoms with Gasteiger partial charge >= 0.3 is 0 Å². The number of rotatable bonds is 7. The maximum Gasteiger partial charge on any atom is 0.123 e. The predicted molar refractivity (Wildman–Crippen MR) is 79.9 cm³/mol. The van der Waals surface area contributed by atoms with Crippen molar-refractivity contribution in [1.29, 1.82) is 0 Å². The molecule has 0 aliphatic rings. The summed E-state index contributed by atoms with van der Waals surface area (Å²) in [6.07, 6.45) is 0.467. The molecule has 2 N–H and O–H groups in total. The molecule has 0 unspecified atom stereocenters. The minimum absolute atomic E-state index is 0.329. The predicted octanol–water partition coefficient (Wildman–Crippen LogP) is 2.60. The highest BCUT2D eigenvalue weighted by molar-refractivity contribution is 5.43. The smallest absolute Gasteiger partial charge is 0.123 e. The van der Waals surface area contributed by atoms with Gasteiger partial charge < -0.3 is 15.2 Å². The van der Waals surface area contributed by atoms with Gasteiger partial charge in [0.15, 0.2) is 0 Å². The van der Waals surface area contributed by atoms with Crippen LogP contribution in [-0.2, 0) is 6.42 Å². The zero-order valence-electron chi connectivity index (χ0n) is 12.8. The molecule has 108 valence electrons. The monoisotopic (exact) mass is 265 g/mol. The first-order valence-electron chi connectivity index (χ1n) is 7.08. The summed E-state index contributed by atoms with van der Waals surface area (Å²) in [4.78, 5) is 0. The molecular formula is C16H27NO2. The van der Waals surface area contributed by atoms with Crippen molar-refractivity contribution in [3.63, 3.8) is 0 Å². The van der Waals surface area contributed by atoms with Crippen molar-refractivity contribution in [2.45, 2.75) is 53.2 Å². The van der Waals surface area contributed by atoms with Crippen LogP contribution >= 0.6 is 0 Å². The van der Waals surface area contributed by atoms with Crippen LogP contribution in [0.25, 0.3) is 0 Å². The summed E-state index contributed by atoms with van der Waals surface area (Å²) in [5.74, 6) is 0.906. The summed E-state index contributed by atoms with van der Waals surface area (Å²) in [7, 11) is 0. The summed E-state index contributed by atoms with van der Waals surface area (Å²) in [5, 5.41) is 13.1. The molecule has 0 fully saturated rings. The molecule has 1 aromatic carbocycles. The molecule has 0 aliphatic heterocycles. The topological polar surface area (TPSA) is 41.5 Å². The molecule has 0 spiro atoms. The fraction of sp³-hybridized carbons (Fsp3) is 0.625. The van der Waals surface area contributed by atoms with E-state index in [0.29, 0.717) is 19.2 Å². The number of nitrogens with one attached hydrogen (secondary N) is 1.